The lowest BCUT2D eigenvalue weighted by Gasteiger charge is -2.22. The zero-order valence-corrected chi connectivity index (χ0v) is 14.4. The van der Waals surface area contributed by atoms with Gasteiger partial charge in [-0.2, -0.15) is 0 Å². The van der Waals surface area contributed by atoms with Gasteiger partial charge in [0.1, 0.15) is 0 Å². The molecule has 0 aliphatic carbocycles. The van der Waals surface area contributed by atoms with Crippen LogP contribution in [0.3, 0.4) is 0 Å². The Kier molecular flexibility index (Phi) is 6.30. The maximum Gasteiger partial charge on any atom is 0.274 e. The largest absolute Gasteiger partial charge is 0.350 e. The molecule has 1 fully saturated rings. The van der Waals surface area contributed by atoms with Crippen molar-refractivity contribution in [3.05, 3.63) is 77.4 Å². The molecule has 0 spiro atoms. The van der Waals surface area contributed by atoms with Crippen molar-refractivity contribution in [3.8, 4) is 0 Å². The molecule has 134 valence electrons. The zero-order chi connectivity index (χ0) is 18.2. The second-order valence-corrected chi connectivity index (χ2v) is 6.03. The minimum atomic E-state index is -0.376. The summed E-state index contributed by atoms with van der Waals surface area (Å²) < 4.78 is 5.40. The summed E-state index contributed by atoms with van der Waals surface area (Å²) >= 11 is 0. The molecule has 0 bridgehead atoms. The Hall–Kier alpha value is -2.76. The number of amides is 1. The average Bonchev–Trinajstić information content (AvgIpc) is 2.72. The number of rotatable bonds is 6. The Bertz CT molecular complexity index is 762. The van der Waals surface area contributed by atoms with Crippen LogP contribution in [0.25, 0.3) is 6.08 Å². The summed E-state index contributed by atoms with van der Waals surface area (Å²) in [5, 5.41) is 0. The number of allylic oxidation sites excluding steroid dienone is 1. The van der Waals surface area contributed by atoms with E-state index >= 15 is 0 Å². The van der Waals surface area contributed by atoms with Gasteiger partial charge < -0.3 is 4.74 Å². The van der Waals surface area contributed by atoms with E-state index in [1.807, 2.05) is 18.2 Å². The lowest BCUT2D eigenvalue weighted by molar-refractivity contribution is -0.186. The molecule has 0 radical (unpaired) electrons. The maximum absolute atomic E-state index is 12.1. The van der Waals surface area contributed by atoms with Gasteiger partial charge in [0, 0.05) is 24.2 Å². The monoisotopic (exact) mass is 351 g/mol. The third-order valence-corrected chi connectivity index (χ3v) is 4.08. The van der Waals surface area contributed by atoms with E-state index in [2.05, 4.69) is 5.48 Å². The highest BCUT2D eigenvalue weighted by Gasteiger charge is 2.16. The van der Waals surface area contributed by atoms with Gasteiger partial charge in [0.2, 0.25) is 0 Å². The second-order valence-electron chi connectivity index (χ2n) is 6.03. The normalized spacial score (nSPS) is 17.2. The third kappa shape index (κ3) is 5.12. The fraction of sp³-hybridized carbons (Fsp3) is 0.238. The molecular weight excluding hydrogens is 330 g/mol. The highest BCUT2D eigenvalue weighted by Crippen LogP contribution is 2.13. The number of hydrogen-bond donors (Lipinski definition) is 1. The summed E-state index contributed by atoms with van der Waals surface area (Å²) in [4.78, 5) is 29.4. The zero-order valence-electron chi connectivity index (χ0n) is 14.4. The fourth-order valence-electron chi connectivity index (χ4n) is 2.60. The van der Waals surface area contributed by atoms with Gasteiger partial charge in [-0.1, -0.05) is 48.5 Å². The van der Waals surface area contributed by atoms with Gasteiger partial charge in [0.05, 0.1) is 0 Å². The van der Waals surface area contributed by atoms with Gasteiger partial charge in [0.25, 0.3) is 5.91 Å². The van der Waals surface area contributed by atoms with Gasteiger partial charge >= 0.3 is 0 Å². The molecule has 1 heterocycles. The van der Waals surface area contributed by atoms with E-state index in [1.165, 1.54) is 6.08 Å². The van der Waals surface area contributed by atoms with Crippen LogP contribution in [0, 0.1) is 0 Å². The van der Waals surface area contributed by atoms with Crippen molar-refractivity contribution < 1.29 is 19.2 Å². The van der Waals surface area contributed by atoms with E-state index in [4.69, 9.17) is 9.57 Å². The van der Waals surface area contributed by atoms with E-state index in [9.17, 15) is 9.59 Å². The molecular formula is C21H21NO4. The van der Waals surface area contributed by atoms with Crippen molar-refractivity contribution in [1.82, 2.24) is 5.48 Å². The number of ether oxygens (including phenoxy) is 1. The van der Waals surface area contributed by atoms with E-state index in [0.29, 0.717) is 17.7 Å². The summed E-state index contributed by atoms with van der Waals surface area (Å²) in [5.41, 5.74) is 4.38. The quantitative estimate of drug-likeness (QED) is 0.489. The molecule has 26 heavy (non-hydrogen) atoms. The minimum absolute atomic E-state index is 0.0618. The maximum atomic E-state index is 12.1. The Morgan fingerprint density at radius 1 is 1.00 bits per heavy atom. The van der Waals surface area contributed by atoms with Crippen molar-refractivity contribution in [3.63, 3.8) is 0 Å². The van der Waals surface area contributed by atoms with E-state index in [1.54, 1.807) is 42.5 Å². The van der Waals surface area contributed by atoms with Gasteiger partial charge in [0.15, 0.2) is 12.1 Å². The highest BCUT2D eigenvalue weighted by molar-refractivity contribution is 6.06. The Morgan fingerprint density at radius 3 is 2.46 bits per heavy atom. The molecule has 1 saturated heterocycles. The van der Waals surface area contributed by atoms with Crippen molar-refractivity contribution in [1.29, 1.82) is 0 Å². The molecule has 5 heteroatoms. The molecule has 0 saturated carbocycles. The molecule has 1 aliphatic heterocycles. The third-order valence-electron chi connectivity index (χ3n) is 4.08. The van der Waals surface area contributed by atoms with Crippen molar-refractivity contribution in [2.75, 3.05) is 6.61 Å². The van der Waals surface area contributed by atoms with Crippen LogP contribution in [-0.4, -0.2) is 24.6 Å². The molecule has 2 aromatic carbocycles. The number of hydroxylamine groups is 1. The van der Waals surface area contributed by atoms with Gasteiger partial charge in [-0.15, -0.1) is 0 Å². The molecule has 1 atom stereocenters. The predicted octanol–water partition coefficient (Wildman–Crippen LogP) is 3.77. The lowest BCUT2D eigenvalue weighted by Crippen LogP contribution is -2.33. The average molecular weight is 351 g/mol. The Labute approximate surface area is 152 Å². The van der Waals surface area contributed by atoms with Crippen LogP contribution in [0.1, 0.15) is 45.5 Å². The molecule has 3 rings (SSSR count). The van der Waals surface area contributed by atoms with Crippen LogP contribution in [0.2, 0.25) is 0 Å². The fourth-order valence-corrected chi connectivity index (χ4v) is 2.60. The first kappa shape index (κ1) is 18.0. The van der Waals surface area contributed by atoms with Crippen molar-refractivity contribution in [2.45, 2.75) is 25.6 Å². The standard InChI is InChI=1S/C21H21NO4/c23-19(17-6-2-1-3-7-17)14-11-16-9-12-18(13-10-16)21(24)22-26-20-8-4-5-15-25-20/h1-3,6-7,9-14,20H,4-5,8,15H2,(H,22,24)/b14-11+. The SMILES string of the molecule is O=C(/C=C/c1ccc(C(=O)NOC2CCCCO2)cc1)c1ccccc1. The van der Waals surface area contributed by atoms with Crippen molar-refractivity contribution >= 4 is 17.8 Å². The minimum Gasteiger partial charge on any atom is -0.350 e. The Balaban J connectivity index is 1.53. The highest BCUT2D eigenvalue weighted by atomic mass is 16.8. The van der Waals surface area contributed by atoms with E-state index in [-0.39, 0.29) is 18.0 Å². The van der Waals surface area contributed by atoms with E-state index < -0.39 is 0 Å². The molecule has 0 aromatic heterocycles. The molecule has 1 aliphatic rings. The second kappa shape index (κ2) is 9.08. The van der Waals surface area contributed by atoms with Crippen LogP contribution >= 0.6 is 0 Å². The lowest BCUT2D eigenvalue weighted by atomic mass is 10.1. The summed E-state index contributed by atoms with van der Waals surface area (Å²) in [6.45, 7) is 0.656. The first-order valence-corrected chi connectivity index (χ1v) is 8.67. The molecule has 2 aromatic rings. The Morgan fingerprint density at radius 2 is 1.77 bits per heavy atom. The van der Waals surface area contributed by atoms with Gasteiger partial charge in [-0.05, 0) is 36.6 Å². The predicted molar refractivity (Wildman–Crippen MR) is 98.4 cm³/mol. The van der Waals surface area contributed by atoms with Crippen LogP contribution in [-0.2, 0) is 9.57 Å². The van der Waals surface area contributed by atoms with Crippen LogP contribution in [0.5, 0.6) is 0 Å². The summed E-state index contributed by atoms with van der Waals surface area (Å²) in [6.07, 6.45) is 5.70. The topological polar surface area (TPSA) is 64.6 Å². The first-order chi connectivity index (χ1) is 12.7. The first-order valence-electron chi connectivity index (χ1n) is 8.67. The number of nitrogens with one attached hydrogen (secondary N) is 1. The number of carbonyl (C=O) groups excluding carboxylic acids is 2. The smallest absolute Gasteiger partial charge is 0.274 e. The van der Waals surface area contributed by atoms with Crippen LogP contribution in [0.4, 0.5) is 0 Å². The number of benzene rings is 2. The van der Waals surface area contributed by atoms with Crippen LogP contribution in [0.15, 0.2) is 60.7 Å². The van der Waals surface area contributed by atoms with Crippen molar-refractivity contribution in [2.24, 2.45) is 0 Å². The van der Waals surface area contributed by atoms with E-state index in [0.717, 1.165) is 24.8 Å². The van der Waals surface area contributed by atoms with Crippen LogP contribution < -0.4 is 5.48 Å². The van der Waals surface area contributed by atoms with Gasteiger partial charge in [-0.25, -0.2) is 10.3 Å². The number of ketones is 1. The molecule has 1 N–H and O–H groups in total. The molecule has 1 unspecified atom stereocenters. The summed E-state index contributed by atoms with van der Waals surface area (Å²) in [7, 11) is 0. The summed E-state index contributed by atoms with van der Waals surface area (Å²) in [6, 6.07) is 16.0. The number of hydrogen-bond acceptors (Lipinski definition) is 4. The molecule has 5 nitrogen and oxygen atoms in total. The molecule has 1 amide bonds. The van der Waals surface area contributed by atoms with Gasteiger partial charge in [-0.3, -0.25) is 9.59 Å². The summed E-state index contributed by atoms with van der Waals surface area (Å²) in [5.74, 6) is -0.386. The number of carbonyl (C=O) groups is 2.